The van der Waals surface area contributed by atoms with Crippen LogP contribution >= 0.6 is 0 Å². The van der Waals surface area contributed by atoms with Gasteiger partial charge in [0.1, 0.15) is 5.75 Å². The quantitative estimate of drug-likeness (QED) is 0.893. The SMILES string of the molecule is COc1cc(C)nc(CNCc2cccc(C)n2)c1. The van der Waals surface area contributed by atoms with E-state index in [-0.39, 0.29) is 0 Å². The van der Waals surface area contributed by atoms with Gasteiger partial charge in [-0.1, -0.05) is 6.07 Å². The topological polar surface area (TPSA) is 47.0 Å². The average Bonchev–Trinajstić information content (AvgIpc) is 2.38. The standard InChI is InChI=1S/C15H19N3O/c1-11-5-4-6-13(17-11)9-16-10-14-8-15(19-3)7-12(2)18-14/h4-8,16H,9-10H2,1-3H3. The molecule has 2 heterocycles. The molecule has 100 valence electrons. The number of ether oxygens (including phenoxy) is 1. The minimum absolute atomic E-state index is 0.702. The van der Waals surface area contributed by atoms with Crippen molar-refractivity contribution in [3.8, 4) is 5.75 Å². The summed E-state index contributed by atoms with van der Waals surface area (Å²) in [6, 6.07) is 9.91. The van der Waals surface area contributed by atoms with Crippen LogP contribution in [0.3, 0.4) is 0 Å². The van der Waals surface area contributed by atoms with Crippen LogP contribution in [0.5, 0.6) is 5.75 Å². The van der Waals surface area contributed by atoms with E-state index in [0.717, 1.165) is 35.1 Å². The highest BCUT2D eigenvalue weighted by molar-refractivity contribution is 5.26. The van der Waals surface area contributed by atoms with E-state index in [2.05, 4.69) is 15.3 Å². The van der Waals surface area contributed by atoms with Crippen LogP contribution in [0.25, 0.3) is 0 Å². The number of hydrogen-bond donors (Lipinski definition) is 1. The van der Waals surface area contributed by atoms with Gasteiger partial charge in [0.25, 0.3) is 0 Å². The normalized spacial score (nSPS) is 10.5. The average molecular weight is 257 g/mol. The van der Waals surface area contributed by atoms with Crippen LogP contribution in [0, 0.1) is 13.8 Å². The first-order valence-corrected chi connectivity index (χ1v) is 6.32. The summed E-state index contributed by atoms with van der Waals surface area (Å²) in [5.74, 6) is 0.845. The van der Waals surface area contributed by atoms with E-state index in [1.165, 1.54) is 0 Å². The van der Waals surface area contributed by atoms with Crippen LogP contribution in [0.4, 0.5) is 0 Å². The molecule has 2 rings (SSSR count). The van der Waals surface area contributed by atoms with Gasteiger partial charge < -0.3 is 10.1 Å². The second kappa shape index (κ2) is 6.29. The van der Waals surface area contributed by atoms with Crippen molar-refractivity contribution in [1.82, 2.24) is 15.3 Å². The van der Waals surface area contributed by atoms with E-state index in [0.29, 0.717) is 6.54 Å². The maximum absolute atomic E-state index is 5.24. The highest BCUT2D eigenvalue weighted by Crippen LogP contribution is 2.13. The highest BCUT2D eigenvalue weighted by Gasteiger charge is 2.01. The van der Waals surface area contributed by atoms with Gasteiger partial charge in [-0.05, 0) is 26.0 Å². The summed E-state index contributed by atoms with van der Waals surface area (Å²) in [5, 5.41) is 3.34. The molecular formula is C15H19N3O. The van der Waals surface area contributed by atoms with E-state index in [4.69, 9.17) is 4.74 Å². The predicted octanol–water partition coefficient (Wildman–Crippen LogP) is 2.39. The first kappa shape index (κ1) is 13.5. The van der Waals surface area contributed by atoms with Crippen molar-refractivity contribution in [2.75, 3.05) is 7.11 Å². The van der Waals surface area contributed by atoms with Crippen molar-refractivity contribution >= 4 is 0 Å². The second-order valence-electron chi connectivity index (χ2n) is 4.51. The van der Waals surface area contributed by atoms with E-state index in [1.54, 1.807) is 7.11 Å². The molecule has 0 bridgehead atoms. The molecule has 1 N–H and O–H groups in total. The third-order valence-electron chi connectivity index (χ3n) is 2.77. The van der Waals surface area contributed by atoms with Crippen molar-refractivity contribution in [1.29, 1.82) is 0 Å². The smallest absolute Gasteiger partial charge is 0.122 e. The Kier molecular flexibility index (Phi) is 4.47. The maximum Gasteiger partial charge on any atom is 0.122 e. The molecule has 0 aliphatic heterocycles. The van der Waals surface area contributed by atoms with Crippen LogP contribution in [0.15, 0.2) is 30.3 Å². The van der Waals surface area contributed by atoms with Gasteiger partial charge in [0, 0.05) is 36.6 Å². The van der Waals surface area contributed by atoms with Gasteiger partial charge in [0.2, 0.25) is 0 Å². The number of hydrogen-bond acceptors (Lipinski definition) is 4. The van der Waals surface area contributed by atoms with Crippen LogP contribution in [-0.4, -0.2) is 17.1 Å². The number of nitrogens with zero attached hydrogens (tertiary/aromatic N) is 2. The fourth-order valence-corrected chi connectivity index (χ4v) is 1.93. The minimum atomic E-state index is 0.702. The molecule has 0 saturated heterocycles. The molecule has 0 aromatic carbocycles. The van der Waals surface area contributed by atoms with Crippen molar-refractivity contribution < 1.29 is 4.74 Å². The van der Waals surface area contributed by atoms with Gasteiger partial charge in [-0.3, -0.25) is 9.97 Å². The van der Waals surface area contributed by atoms with Crippen LogP contribution in [-0.2, 0) is 13.1 Å². The second-order valence-corrected chi connectivity index (χ2v) is 4.51. The molecule has 4 nitrogen and oxygen atoms in total. The number of methoxy groups -OCH3 is 1. The molecule has 0 aliphatic rings. The van der Waals surface area contributed by atoms with Gasteiger partial charge in [0.15, 0.2) is 0 Å². The number of aryl methyl sites for hydroxylation is 2. The molecule has 0 spiro atoms. The fraction of sp³-hybridized carbons (Fsp3) is 0.333. The number of pyridine rings is 2. The van der Waals surface area contributed by atoms with Crippen molar-refractivity contribution in [3.05, 3.63) is 53.1 Å². The molecule has 0 atom stereocenters. The Morgan fingerprint density at radius 2 is 1.74 bits per heavy atom. The van der Waals surface area contributed by atoms with E-state index in [1.807, 2.05) is 44.2 Å². The van der Waals surface area contributed by atoms with E-state index >= 15 is 0 Å². The van der Waals surface area contributed by atoms with E-state index < -0.39 is 0 Å². The first-order valence-electron chi connectivity index (χ1n) is 6.32. The Morgan fingerprint density at radius 1 is 1.00 bits per heavy atom. The molecule has 0 amide bonds. The Labute approximate surface area is 113 Å². The summed E-state index contributed by atoms with van der Waals surface area (Å²) in [6.07, 6.45) is 0. The Hall–Kier alpha value is -1.94. The largest absolute Gasteiger partial charge is 0.497 e. The van der Waals surface area contributed by atoms with Crippen LogP contribution in [0.1, 0.15) is 22.8 Å². The van der Waals surface area contributed by atoms with Crippen LogP contribution < -0.4 is 10.1 Å². The minimum Gasteiger partial charge on any atom is -0.497 e. The number of nitrogens with one attached hydrogen (secondary N) is 1. The molecule has 0 aliphatic carbocycles. The van der Waals surface area contributed by atoms with Crippen molar-refractivity contribution in [3.63, 3.8) is 0 Å². The highest BCUT2D eigenvalue weighted by atomic mass is 16.5. The van der Waals surface area contributed by atoms with Gasteiger partial charge in [-0.25, -0.2) is 0 Å². The maximum atomic E-state index is 5.24. The molecule has 0 saturated carbocycles. The third-order valence-corrected chi connectivity index (χ3v) is 2.77. The summed E-state index contributed by atoms with van der Waals surface area (Å²) in [5.41, 5.74) is 4.02. The van der Waals surface area contributed by atoms with Crippen LogP contribution in [0.2, 0.25) is 0 Å². The Bertz CT molecular complexity index is 555. The summed E-state index contributed by atoms with van der Waals surface area (Å²) in [4.78, 5) is 8.92. The third kappa shape index (κ3) is 4.03. The van der Waals surface area contributed by atoms with Gasteiger partial charge >= 0.3 is 0 Å². The number of rotatable bonds is 5. The fourth-order valence-electron chi connectivity index (χ4n) is 1.93. The summed E-state index contributed by atoms with van der Waals surface area (Å²) in [7, 11) is 1.67. The molecule has 0 unspecified atom stereocenters. The molecule has 19 heavy (non-hydrogen) atoms. The lowest BCUT2D eigenvalue weighted by Crippen LogP contribution is -2.15. The molecular weight excluding hydrogens is 238 g/mol. The Balaban J connectivity index is 1.94. The lowest BCUT2D eigenvalue weighted by Gasteiger charge is -2.07. The molecule has 0 fully saturated rings. The zero-order valence-electron chi connectivity index (χ0n) is 11.6. The summed E-state index contributed by atoms with van der Waals surface area (Å²) in [6.45, 7) is 5.40. The monoisotopic (exact) mass is 257 g/mol. The van der Waals surface area contributed by atoms with Crippen molar-refractivity contribution in [2.45, 2.75) is 26.9 Å². The lowest BCUT2D eigenvalue weighted by atomic mass is 10.2. The summed E-state index contributed by atoms with van der Waals surface area (Å²) < 4.78 is 5.24. The van der Waals surface area contributed by atoms with Gasteiger partial charge in [0.05, 0.1) is 18.5 Å². The predicted molar refractivity (Wildman–Crippen MR) is 75.0 cm³/mol. The van der Waals surface area contributed by atoms with Gasteiger partial charge in [-0.2, -0.15) is 0 Å². The molecule has 0 radical (unpaired) electrons. The zero-order chi connectivity index (χ0) is 13.7. The van der Waals surface area contributed by atoms with Crippen molar-refractivity contribution in [2.24, 2.45) is 0 Å². The molecule has 4 heteroatoms. The zero-order valence-corrected chi connectivity index (χ0v) is 11.6. The molecule has 2 aromatic rings. The summed E-state index contributed by atoms with van der Waals surface area (Å²) >= 11 is 0. The van der Waals surface area contributed by atoms with E-state index in [9.17, 15) is 0 Å². The Morgan fingerprint density at radius 3 is 2.47 bits per heavy atom. The molecule has 2 aromatic heterocycles. The van der Waals surface area contributed by atoms with Gasteiger partial charge in [-0.15, -0.1) is 0 Å². The lowest BCUT2D eigenvalue weighted by molar-refractivity contribution is 0.412. The number of aromatic nitrogens is 2. The first-order chi connectivity index (χ1) is 9.17.